The molecule has 2 aromatic carbocycles. The summed E-state index contributed by atoms with van der Waals surface area (Å²) in [6.07, 6.45) is 1.51. The molecule has 1 amide bonds. The standard InChI is InChI=1S/C35H45Cl2FN6O3/c1-20(2)27-28(29-26(42(8)15-16-45)10-9-24(36)30(29)38)25(37)19-23-31(27)39-32(21-17-22(18-21)41(6)7)40-33(23)43-11-13-44(14-12-43)34(46)47-35(3,4)5/h9-10,19,21-22,45H,1,11-18H2,2-8H3. The molecule has 2 heterocycles. The van der Waals surface area contributed by atoms with E-state index in [4.69, 9.17) is 37.9 Å². The zero-order chi connectivity index (χ0) is 34.4. The van der Waals surface area contributed by atoms with Gasteiger partial charge in [0.25, 0.3) is 0 Å². The van der Waals surface area contributed by atoms with Gasteiger partial charge in [0, 0.05) is 79.5 Å². The zero-order valence-electron chi connectivity index (χ0n) is 28.3. The van der Waals surface area contributed by atoms with Gasteiger partial charge in [0.05, 0.1) is 22.2 Å². The number of aromatic nitrogens is 2. The van der Waals surface area contributed by atoms with Crippen molar-refractivity contribution in [3.05, 3.63) is 52.0 Å². The van der Waals surface area contributed by atoms with Crippen molar-refractivity contribution < 1.29 is 19.0 Å². The summed E-state index contributed by atoms with van der Waals surface area (Å²) in [5.41, 5.74) is 2.53. The lowest BCUT2D eigenvalue weighted by Gasteiger charge is -2.40. The molecule has 1 saturated heterocycles. The third-order valence-electron chi connectivity index (χ3n) is 8.98. The van der Waals surface area contributed by atoms with E-state index in [0.717, 1.165) is 29.9 Å². The van der Waals surface area contributed by atoms with Crippen LogP contribution in [0.1, 0.15) is 57.8 Å². The molecule has 1 aliphatic heterocycles. The number of halogens is 3. The zero-order valence-corrected chi connectivity index (χ0v) is 29.8. The highest BCUT2D eigenvalue weighted by Gasteiger charge is 2.36. The summed E-state index contributed by atoms with van der Waals surface area (Å²) >= 11 is 13.5. The van der Waals surface area contributed by atoms with Gasteiger partial charge in [0.2, 0.25) is 0 Å². The predicted octanol–water partition coefficient (Wildman–Crippen LogP) is 7.07. The van der Waals surface area contributed by atoms with E-state index in [9.17, 15) is 9.90 Å². The minimum atomic E-state index is -0.613. The average Bonchev–Trinajstić information content (AvgIpc) is 2.96. The monoisotopic (exact) mass is 686 g/mol. The Morgan fingerprint density at radius 3 is 2.32 bits per heavy atom. The van der Waals surface area contributed by atoms with E-state index in [1.165, 1.54) is 6.07 Å². The molecule has 0 spiro atoms. The number of piperazine rings is 1. The molecular formula is C35H45Cl2FN6O3. The van der Waals surface area contributed by atoms with Gasteiger partial charge in [-0.25, -0.2) is 19.2 Å². The normalized spacial score (nSPS) is 18.5. The van der Waals surface area contributed by atoms with Gasteiger partial charge in [0.15, 0.2) is 5.82 Å². The minimum absolute atomic E-state index is 0.0407. The van der Waals surface area contributed by atoms with Crippen LogP contribution in [0.3, 0.4) is 0 Å². The summed E-state index contributed by atoms with van der Waals surface area (Å²) < 4.78 is 21.8. The number of aliphatic hydroxyl groups is 1. The third kappa shape index (κ3) is 7.16. The molecule has 0 bridgehead atoms. The van der Waals surface area contributed by atoms with Crippen LogP contribution in [0.4, 0.5) is 20.7 Å². The fraction of sp³-hybridized carbons (Fsp3) is 0.514. The van der Waals surface area contributed by atoms with Crippen molar-refractivity contribution in [3.8, 4) is 11.1 Å². The van der Waals surface area contributed by atoms with Crippen molar-refractivity contribution in [1.82, 2.24) is 19.8 Å². The highest BCUT2D eigenvalue weighted by Crippen LogP contribution is 2.48. The third-order valence-corrected chi connectivity index (χ3v) is 9.57. The number of carbonyl (C=O) groups is 1. The maximum atomic E-state index is 16.1. The molecule has 1 aliphatic carbocycles. The molecule has 2 fully saturated rings. The Morgan fingerprint density at radius 2 is 1.74 bits per heavy atom. The number of rotatable bonds is 8. The number of anilines is 2. The minimum Gasteiger partial charge on any atom is -0.444 e. The number of hydrogen-bond acceptors (Lipinski definition) is 8. The largest absolute Gasteiger partial charge is 0.444 e. The predicted molar refractivity (Wildman–Crippen MR) is 189 cm³/mol. The van der Waals surface area contributed by atoms with Crippen molar-refractivity contribution in [2.24, 2.45) is 0 Å². The van der Waals surface area contributed by atoms with Crippen molar-refractivity contribution in [3.63, 3.8) is 0 Å². The van der Waals surface area contributed by atoms with Crippen molar-refractivity contribution >= 4 is 57.3 Å². The van der Waals surface area contributed by atoms with Crippen LogP contribution in [0.2, 0.25) is 10.0 Å². The lowest BCUT2D eigenvalue weighted by Crippen LogP contribution is -2.50. The second kappa shape index (κ2) is 13.7. The Kier molecular flexibility index (Phi) is 10.3. The average molecular weight is 688 g/mol. The number of fused-ring (bicyclic) bond motifs is 1. The van der Waals surface area contributed by atoms with Gasteiger partial charge < -0.3 is 29.4 Å². The SMILES string of the molecule is C=C(C)c1c(-c2c(N(C)CCO)ccc(Cl)c2F)c(Cl)cc2c(N3CCN(C(=O)OC(C)(C)C)CC3)nc(C3CC(N(C)C)C3)nc12. The van der Waals surface area contributed by atoms with Crippen LogP contribution in [-0.4, -0.2) is 103 Å². The van der Waals surface area contributed by atoms with E-state index < -0.39 is 11.4 Å². The van der Waals surface area contributed by atoms with Gasteiger partial charge in [-0.3, -0.25) is 0 Å². The molecule has 0 radical (unpaired) electrons. The molecule has 1 N–H and O–H groups in total. The first-order valence-electron chi connectivity index (χ1n) is 16.0. The van der Waals surface area contributed by atoms with Gasteiger partial charge in [-0.1, -0.05) is 29.8 Å². The first kappa shape index (κ1) is 35.1. The molecular weight excluding hydrogens is 642 g/mol. The summed E-state index contributed by atoms with van der Waals surface area (Å²) in [7, 11) is 5.94. The first-order chi connectivity index (χ1) is 22.1. The number of amides is 1. The van der Waals surface area contributed by atoms with Gasteiger partial charge in [-0.2, -0.15) is 0 Å². The van der Waals surface area contributed by atoms with E-state index in [2.05, 4.69) is 30.5 Å². The summed E-state index contributed by atoms with van der Waals surface area (Å²) in [6.45, 7) is 13.9. The van der Waals surface area contributed by atoms with Crippen LogP contribution >= 0.6 is 23.2 Å². The maximum Gasteiger partial charge on any atom is 0.410 e. The topological polar surface area (TPSA) is 85.3 Å². The molecule has 0 atom stereocenters. The number of carbonyl (C=O) groups excluding carboxylic acids is 1. The molecule has 3 aromatic rings. The summed E-state index contributed by atoms with van der Waals surface area (Å²) in [4.78, 5) is 31.0. The number of aliphatic hydroxyl groups excluding tert-OH is 1. The molecule has 47 heavy (non-hydrogen) atoms. The van der Waals surface area contributed by atoms with Crippen LogP contribution in [0.5, 0.6) is 0 Å². The molecule has 9 nitrogen and oxygen atoms in total. The number of hydrogen-bond donors (Lipinski definition) is 1. The van der Waals surface area contributed by atoms with Crippen LogP contribution < -0.4 is 9.80 Å². The Morgan fingerprint density at radius 1 is 1.09 bits per heavy atom. The number of ether oxygens (including phenoxy) is 1. The lowest BCUT2D eigenvalue weighted by molar-refractivity contribution is 0.0240. The Hall–Kier alpha value is -3.18. The molecule has 12 heteroatoms. The van der Waals surface area contributed by atoms with E-state index in [0.29, 0.717) is 65.1 Å². The molecule has 1 saturated carbocycles. The van der Waals surface area contributed by atoms with Crippen LogP contribution in [-0.2, 0) is 4.74 Å². The fourth-order valence-electron chi connectivity index (χ4n) is 6.33. The highest BCUT2D eigenvalue weighted by atomic mass is 35.5. The van der Waals surface area contributed by atoms with Crippen molar-refractivity contribution in [1.29, 1.82) is 0 Å². The van der Waals surface area contributed by atoms with E-state index in [-0.39, 0.29) is 35.7 Å². The van der Waals surface area contributed by atoms with Crippen LogP contribution in [0.25, 0.3) is 27.6 Å². The Labute approximate surface area is 286 Å². The van der Waals surface area contributed by atoms with Gasteiger partial charge in [-0.15, -0.1) is 0 Å². The van der Waals surface area contributed by atoms with Crippen LogP contribution in [0, 0.1) is 5.82 Å². The second-order valence-corrected chi connectivity index (χ2v) is 14.6. The number of allylic oxidation sites excluding steroid dienone is 1. The molecule has 5 rings (SSSR count). The smallest absolute Gasteiger partial charge is 0.410 e. The number of likely N-dealkylation sites (N-methyl/N-ethyl adjacent to an activating group) is 1. The molecule has 2 aliphatic rings. The van der Waals surface area contributed by atoms with Gasteiger partial charge in [-0.05, 0) is 78.4 Å². The summed E-state index contributed by atoms with van der Waals surface area (Å²) in [5, 5.41) is 10.7. The molecule has 0 unspecified atom stereocenters. The maximum absolute atomic E-state index is 16.1. The Balaban J connectivity index is 1.69. The summed E-state index contributed by atoms with van der Waals surface area (Å²) in [5.74, 6) is 0.987. The molecule has 254 valence electrons. The second-order valence-electron chi connectivity index (χ2n) is 13.8. The fourth-order valence-corrected chi connectivity index (χ4v) is 6.79. The van der Waals surface area contributed by atoms with Gasteiger partial charge >= 0.3 is 6.09 Å². The van der Waals surface area contributed by atoms with Gasteiger partial charge in [0.1, 0.15) is 17.2 Å². The highest BCUT2D eigenvalue weighted by molar-refractivity contribution is 6.36. The lowest BCUT2D eigenvalue weighted by atomic mass is 9.79. The van der Waals surface area contributed by atoms with E-state index in [1.807, 2.05) is 27.7 Å². The van der Waals surface area contributed by atoms with Crippen LogP contribution in [0.15, 0.2) is 24.8 Å². The van der Waals surface area contributed by atoms with E-state index >= 15 is 4.39 Å². The quantitative estimate of drug-likeness (QED) is 0.269. The van der Waals surface area contributed by atoms with Crippen molar-refractivity contribution in [2.45, 2.75) is 58.1 Å². The van der Waals surface area contributed by atoms with E-state index in [1.54, 1.807) is 29.0 Å². The number of benzene rings is 2. The molecule has 1 aromatic heterocycles. The summed E-state index contributed by atoms with van der Waals surface area (Å²) in [6, 6.07) is 5.48. The first-order valence-corrected chi connectivity index (χ1v) is 16.8. The number of nitrogens with zero attached hydrogens (tertiary/aromatic N) is 6. The van der Waals surface area contributed by atoms with Crippen molar-refractivity contribution in [2.75, 3.05) is 70.3 Å². The Bertz CT molecular complexity index is 1680.